The van der Waals surface area contributed by atoms with E-state index in [0.717, 1.165) is 42.8 Å². The van der Waals surface area contributed by atoms with Crippen LogP contribution in [0, 0.1) is 5.92 Å². The fourth-order valence-electron chi connectivity index (χ4n) is 2.31. The zero-order chi connectivity index (χ0) is 13.1. The average Bonchev–Trinajstić information content (AvgIpc) is 2.86. The molecule has 0 unspecified atom stereocenters. The van der Waals surface area contributed by atoms with Crippen molar-refractivity contribution in [3.8, 4) is 0 Å². The molecule has 0 atom stereocenters. The summed E-state index contributed by atoms with van der Waals surface area (Å²) in [7, 11) is 0. The Bertz CT molecular complexity index is 448. The molecule has 0 saturated carbocycles. The second-order valence-electron chi connectivity index (χ2n) is 4.60. The normalized spacial score (nSPS) is 16.8. The number of thiophene rings is 1. The fourth-order valence-corrected chi connectivity index (χ4v) is 3.51. The minimum Gasteiger partial charge on any atom is -0.393 e. The van der Waals surface area contributed by atoms with Crippen molar-refractivity contribution >= 4 is 34.5 Å². The number of hydrogen-bond acceptors (Lipinski definition) is 3. The Morgan fingerprint density at radius 2 is 2.22 bits per heavy atom. The lowest BCUT2D eigenvalue weighted by Crippen LogP contribution is -2.41. The number of nitrogens with zero attached hydrogens (tertiary/aromatic N) is 1. The summed E-state index contributed by atoms with van der Waals surface area (Å²) in [6.07, 6.45) is 2.70. The van der Waals surface area contributed by atoms with Crippen LogP contribution >= 0.6 is 23.6 Å². The van der Waals surface area contributed by atoms with E-state index in [0.29, 0.717) is 10.9 Å². The number of carbonyl (C=O) groups excluding carboxylic acids is 1. The summed E-state index contributed by atoms with van der Waals surface area (Å²) < 4.78 is 0. The predicted molar refractivity (Wildman–Crippen MR) is 79.1 cm³/mol. The van der Waals surface area contributed by atoms with E-state index in [1.807, 2.05) is 16.3 Å². The molecule has 0 bridgehead atoms. The van der Waals surface area contributed by atoms with E-state index in [1.54, 1.807) is 11.3 Å². The Labute approximate surface area is 117 Å². The van der Waals surface area contributed by atoms with Gasteiger partial charge in [-0.3, -0.25) is 4.79 Å². The minimum absolute atomic E-state index is 0.170. The first-order valence-corrected chi connectivity index (χ1v) is 7.57. The van der Waals surface area contributed by atoms with Crippen molar-refractivity contribution in [1.82, 2.24) is 4.90 Å². The summed E-state index contributed by atoms with van der Waals surface area (Å²) in [6.45, 7) is 3.61. The number of hydrogen-bond donors (Lipinski definition) is 1. The zero-order valence-electron chi connectivity index (χ0n) is 10.5. The van der Waals surface area contributed by atoms with E-state index in [4.69, 9.17) is 18.0 Å². The van der Waals surface area contributed by atoms with Gasteiger partial charge in [0.2, 0.25) is 0 Å². The van der Waals surface area contributed by atoms with Crippen molar-refractivity contribution in [1.29, 1.82) is 0 Å². The number of thiocarbonyl (C=S) groups is 1. The van der Waals surface area contributed by atoms with Crippen LogP contribution in [0.1, 0.15) is 35.0 Å². The molecule has 5 heteroatoms. The summed E-state index contributed by atoms with van der Waals surface area (Å²) in [6, 6.07) is 2.04. The first-order chi connectivity index (χ1) is 8.63. The van der Waals surface area contributed by atoms with Gasteiger partial charge < -0.3 is 10.6 Å². The van der Waals surface area contributed by atoms with Crippen LogP contribution in [0.2, 0.25) is 0 Å². The van der Waals surface area contributed by atoms with Crippen LogP contribution in [-0.4, -0.2) is 28.9 Å². The molecule has 18 heavy (non-hydrogen) atoms. The quantitative estimate of drug-likeness (QED) is 0.866. The van der Waals surface area contributed by atoms with E-state index in [9.17, 15) is 4.79 Å². The largest absolute Gasteiger partial charge is 0.393 e. The van der Waals surface area contributed by atoms with Crippen LogP contribution in [0.3, 0.4) is 0 Å². The number of likely N-dealkylation sites (tertiary alicyclic amines) is 1. The van der Waals surface area contributed by atoms with Crippen LogP contribution in [0.4, 0.5) is 0 Å². The van der Waals surface area contributed by atoms with Crippen LogP contribution in [0.5, 0.6) is 0 Å². The number of nitrogens with two attached hydrogens (primary N) is 1. The maximum atomic E-state index is 12.4. The van der Waals surface area contributed by atoms with Crippen molar-refractivity contribution in [3.63, 3.8) is 0 Å². The number of aryl methyl sites for hydroxylation is 1. The van der Waals surface area contributed by atoms with E-state index < -0.39 is 0 Å². The molecule has 0 spiro atoms. The smallest absolute Gasteiger partial charge is 0.264 e. The Hall–Kier alpha value is -0.940. The third kappa shape index (κ3) is 2.72. The SMILES string of the molecule is CCc1ccsc1C(=O)N1CCC(C(N)=S)CC1. The number of amides is 1. The second-order valence-corrected chi connectivity index (χ2v) is 5.98. The van der Waals surface area contributed by atoms with Gasteiger partial charge in [-0.1, -0.05) is 19.1 Å². The minimum atomic E-state index is 0.170. The topological polar surface area (TPSA) is 46.3 Å². The maximum absolute atomic E-state index is 12.4. The molecule has 1 amide bonds. The highest BCUT2D eigenvalue weighted by molar-refractivity contribution is 7.80. The zero-order valence-corrected chi connectivity index (χ0v) is 12.1. The first kappa shape index (κ1) is 13.5. The third-order valence-electron chi connectivity index (χ3n) is 3.51. The lowest BCUT2D eigenvalue weighted by molar-refractivity contribution is 0.0714. The van der Waals surface area contributed by atoms with E-state index >= 15 is 0 Å². The Kier molecular flexibility index (Phi) is 4.35. The first-order valence-electron chi connectivity index (χ1n) is 6.28. The van der Waals surface area contributed by atoms with Gasteiger partial charge in [-0.2, -0.15) is 0 Å². The molecule has 98 valence electrons. The van der Waals surface area contributed by atoms with Gasteiger partial charge in [-0.25, -0.2) is 0 Å². The Balaban J connectivity index is 2.02. The van der Waals surface area contributed by atoms with Crippen molar-refractivity contribution in [2.75, 3.05) is 13.1 Å². The number of rotatable bonds is 3. The molecular formula is C13H18N2OS2. The number of piperidine rings is 1. The van der Waals surface area contributed by atoms with Gasteiger partial charge in [0.05, 0.1) is 9.87 Å². The van der Waals surface area contributed by atoms with Crippen molar-refractivity contribution in [2.45, 2.75) is 26.2 Å². The summed E-state index contributed by atoms with van der Waals surface area (Å²) in [5.41, 5.74) is 6.81. The standard InChI is InChI=1S/C13H18N2OS2/c1-2-9-5-8-18-11(9)13(16)15-6-3-10(4-7-15)12(14)17/h5,8,10H,2-4,6-7H2,1H3,(H2,14,17). The van der Waals surface area contributed by atoms with E-state index in [1.165, 1.54) is 0 Å². The predicted octanol–water partition coefficient (Wildman–Crippen LogP) is 2.45. The number of carbonyl (C=O) groups is 1. The summed E-state index contributed by atoms with van der Waals surface area (Å²) >= 11 is 6.56. The highest BCUT2D eigenvalue weighted by atomic mass is 32.1. The Morgan fingerprint density at radius 1 is 1.56 bits per heavy atom. The van der Waals surface area contributed by atoms with Gasteiger partial charge in [0.15, 0.2) is 0 Å². The highest BCUT2D eigenvalue weighted by Gasteiger charge is 2.26. The molecule has 1 saturated heterocycles. The fraction of sp³-hybridized carbons (Fsp3) is 0.538. The summed E-state index contributed by atoms with van der Waals surface area (Å²) in [4.78, 5) is 15.8. The second kappa shape index (κ2) is 5.80. The molecule has 0 aromatic carbocycles. The summed E-state index contributed by atoms with van der Waals surface area (Å²) in [5, 5.41) is 1.99. The van der Waals surface area contributed by atoms with Gasteiger partial charge in [0.1, 0.15) is 0 Å². The molecule has 2 heterocycles. The molecule has 1 aromatic rings. The van der Waals surface area contributed by atoms with E-state index in [-0.39, 0.29) is 5.91 Å². The Morgan fingerprint density at radius 3 is 2.78 bits per heavy atom. The molecule has 0 aliphatic carbocycles. The van der Waals surface area contributed by atoms with Crippen molar-refractivity contribution < 1.29 is 4.79 Å². The molecular weight excluding hydrogens is 264 g/mol. The highest BCUT2D eigenvalue weighted by Crippen LogP contribution is 2.23. The lowest BCUT2D eigenvalue weighted by atomic mass is 9.96. The summed E-state index contributed by atoms with van der Waals surface area (Å²) in [5.74, 6) is 0.473. The molecule has 1 aliphatic heterocycles. The monoisotopic (exact) mass is 282 g/mol. The van der Waals surface area contributed by atoms with Crippen LogP contribution < -0.4 is 5.73 Å². The third-order valence-corrected chi connectivity index (χ3v) is 4.78. The van der Waals surface area contributed by atoms with Gasteiger partial charge in [-0.15, -0.1) is 11.3 Å². The molecule has 1 aromatic heterocycles. The van der Waals surface area contributed by atoms with Crippen molar-refractivity contribution in [2.24, 2.45) is 11.7 Å². The molecule has 1 fully saturated rings. The molecule has 2 N–H and O–H groups in total. The van der Waals surface area contributed by atoms with Crippen LogP contribution in [0.25, 0.3) is 0 Å². The van der Waals surface area contributed by atoms with Gasteiger partial charge >= 0.3 is 0 Å². The van der Waals surface area contributed by atoms with Gasteiger partial charge in [-0.05, 0) is 36.3 Å². The van der Waals surface area contributed by atoms with Crippen LogP contribution in [0.15, 0.2) is 11.4 Å². The van der Waals surface area contributed by atoms with E-state index in [2.05, 4.69) is 6.92 Å². The molecule has 2 rings (SSSR count). The van der Waals surface area contributed by atoms with Crippen molar-refractivity contribution in [3.05, 3.63) is 21.9 Å². The molecule has 1 aliphatic rings. The average molecular weight is 282 g/mol. The van der Waals surface area contributed by atoms with Gasteiger partial charge in [0, 0.05) is 19.0 Å². The molecule has 0 radical (unpaired) electrons. The lowest BCUT2D eigenvalue weighted by Gasteiger charge is -2.31. The molecule has 3 nitrogen and oxygen atoms in total. The maximum Gasteiger partial charge on any atom is 0.264 e. The van der Waals surface area contributed by atoms with Crippen LogP contribution in [-0.2, 0) is 6.42 Å². The van der Waals surface area contributed by atoms with Gasteiger partial charge in [0.25, 0.3) is 5.91 Å².